The minimum Gasteiger partial charge on any atom is -0.372 e. The molecule has 0 aliphatic heterocycles. The van der Waals surface area contributed by atoms with Gasteiger partial charge in [-0.25, -0.2) is 0 Å². The molecule has 3 nitrogen and oxygen atoms in total. The topological polar surface area (TPSA) is 27.7 Å². The van der Waals surface area contributed by atoms with E-state index in [4.69, 9.17) is 13.9 Å². The molecule has 0 rings (SSSR count). The maximum Gasteiger partial charge on any atom is 0.261 e. The van der Waals surface area contributed by atoms with Gasteiger partial charge in [0.15, 0.2) is 0 Å². The first-order valence-corrected chi connectivity index (χ1v) is 7.63. The summed E-state index contributed by atoms with van der Waals surface area (Å²) in [7, 11) is 0.429. The predicted molar refractivity (Wildman–Crippen MR) is 71.0 cm³/mol. The van der Waals surface area contributed by atoms with Gasteiger partial charge in [0.05, 0.1) is 13.2 Å². The van der Waals surface area contributed by atoms with Gasteiger partial charge in [0.1, 0.15) is 0 Å². The van der Waals surface area contributed by atoms with E-state index in [9.17, 15) is 0 Å². The fourth-order valence-electron chi connectivity index (χ4n) is 0.939. The van der Waals surface area contributed by atoms with Crippen LogP contribution in [-0.4, -0.2) is 34.7 Å². The molecule has 1 atom stereocenters. The van der Waals surface area contributed by atoms with E-state index in [1.54, 1.807) is 0 Å². The normalized spacial score (nSPS) is 13.3. The minimum absolute atomic E-state index is 0.429. The van der Waals surface area contributed by atoms with Crippen molar-refractivity contribution in [2.75, 3.05) is 13.2 Å². The first kappa shape index (κ1) is 16.4. The third kappa shape index (κ3) is 10.9. The van der Waals surface area contributed by atoms with Gasteiger partial charge in [-0.15, -0.1) is 0 Å². The lowest BCUT2D eigenvalue weighted by molar-refractivity contribution is -0.247. The summed E-state index contributed by atoms with van der Waals surface area (Å²) in [6, 6.07) is 1.02. The smallest absolute Gasteiger partial charge is 0.261 e. The van der Waals surface area contributed by atoms with Crippen LogP contribution in [0.2, 0.25) is 6.04 Å². The highest BCUT2D eigenvalue weighted by Gasteiger charge is 2.09. The van der Waals surface area contributed by atoms with E-state index in [0.717, 1.165) is 25.3 Å². The summed E-state index contributed by atoms with van der Waals surface area (Å²) in [5, 5.41) is 0.433. The fourth-order valence-corrected chi connectivity index (χ4v) is 2.25. The Morgan fingerprint density at radius 2 is 1.69 bits per heavy atom. The standard InChI is InChI=1S/C11H24O3SSi/c1-4-7-12-11(13-8-5-2)14-16-9-6-10(3)15/h10-11,15H,4-9H2,1-3H3. The summed E-state index contributed by atoms with van der Waals surface area (Å²) in [6.07, 6.45) is 3.02. The van der Waals surface area contributed by atoms with Crippen molar-refractivity contribution in [2.24, 2.45) is 0 Å². The zero-order valence-electron chi connectivity index (χ0n) is 10.6. The molecule has 96 valence electrons. The molecule has 0 bridgehead atoms. The molecular weight excluding hydrogens is 240 g/mol. The van der Waals surface area contributed by atoms with Crippen LogP contribution in [0.5, 0.6) is 0 Å². The second kappa shape index (κ2) is 11.9. The summed E-state index contributed by atoms with van der Waals surface area (Å²) < 4.78 is 16.4. The maximum absolute atomic E-state index is 5.55. The average Bonchev–Trinajstić information content (AvgIpc) is 2.26. The highest BCUT2D eigenvalue weighted by molar-refractivity contribution is 7.80. The van der Waals surface area contributed by atoms with Crippen molar-refractivity contribution < 1.29 is 13.9 Å². The van der Waals surface area contributed by atoms with Crippen molar-refractivity contribution in [3.8, 4) is 0 Å². The van der Waals surface area contributed by atoms with Gasteiger partial charge in [-0.1, -0.05) is 20.8 Å². The van der Waals surface area contributed by atoms with E-state index in [2.05, 4.69) is 33.4 Å². The van der Waals surface area contributed by atoms with Crippen LogP contribution in [0.1, 0.15) is 40.0 Å². The summed E-state index contributed by atoms with van der Waals surface area (Å²) in [5.41, 5.74) is 0. The number of rotatable bonds is 11. The Labute approximate surface area is 108 Å². The second-order valence-corrected chi connectivity index (χ2v) is 5.59. The molecule has 0 aromatic rings. The van der Waals surface area contributed by atoms with Gasteiger partial charge in [-0.3, -0.25) is 0 Å². The third-order valence-electron chi connectivity index (χ3n) is 1.76. The molecule has 16 heavy (non-hydrogen) atoms. The molecule has 0 N–H and O–H groups in total. The van der Waals surface area contributed by atoms with Crippen molar-refractivity contribution in [2.45, 2.75) is 57.8 Å². The minimum atomic E-state index is -0.478. The van der Waals surface area contributed by atoms with Crippen LogP contribution in [0.15, 0.2) is 0 Å². The molecule has 0 fully saturated rings. The Hall–Kier alpha value is 0.447. The molecular formula is C11H24O3SSi. The van der Waals surface area contributed by atoms with Crippen LogP contribution >= 0.6 is 12.6 Å². The third-order valence-corrected chi connectivity index (χ3v) is 2.87. The van der Waals surface area contributed by atoms with Crippen LogP contribution in [-0.2, 0) is 13.9 Å². The van der Waals surface area contributed by atoms with Gasteiger partial charge in [0.25, 0.3) is 6.48 Å². The number of ether oxygens (including phenoxy) is 2. The fraction of sp³-hybridized carbons (Fsp3) is 1.00. The first-order chi connectivity index (χ1) is 7.70. The number of hydrogen-bond donors (Lipinski definition) is 1. The zero-order valence-corrected chi connectivity index (χ0v) is 12.5. The summed E-state index contributed by atoms with van der Waals surface area (Å²) in [5.74, 6) is 0. The van der Waals surface area contributed by atoms with Gasteiger partial charge in [-0.05, 0) is 30.6 Å². The quantitative estimate of drug-likeness (QED) is 0.269. The molecule has 0 saturated heterocycles. The molecule has 0 amide bonds. The summed E-state index contributed by atoms with van der Waals surface area (Å²) in [6.45, 7) is 7.12. The lowest BCUT2D eigenvalue weighted by Gasteiger charge is -2.18. The van der Waals surface area contributed by atoms with Crippen molar-refractivity contribution in [3.63, 3.8) is 0 Å². The van der Waals surface area contributed by atoms with Crippen LogP contribution in [0.4, 0.5) is 0 Å². The molecule has 1 unspecified atom stereocenters. The number of thiol groups is 1. The lowest BCUT2D eigenvalue weighted by Crippen LogP contribution is -2.24. The van der Waals surface area contributed by atoms with E-state index < -0.39 is 6.48 Å². The molecule has 5 heteroatoms. The Balaban J connectivity index is 3.56. The van der Waals surface area contributed by atoms with Crippen molar-refractivity contribution in [1.29, 1.82) is 0 Å². The molecule has 2 radical (unpaired) electrons. The van der Waals surface area contributed by atoms with Crippen LogP contribution in [0, 0.1) is 0 Å². The SMILES string of the molecule is CCCOC(OCCC)O[Si]CCC(C)S. The Morgan fingerprint density at radius 1 is 1.12 bits per heavy atom. The molecule has 0 aromatic heterocycles. The van der Waals surface area contributed by atoms with E-state index in [0.29, 0.717) is 28.2 Å². The van der Waals surface area contributed by atoms with Crippen LogP contribution in [0.25, 0.3) is 0 Å². The molecule has 0 spiro atoms. The lowest BCUT2D eigenvalue weighted by atomic mass is 10.4. The number of hydrogen-bond acceptors (Lipinski definition) is 4. The average molecular weight is 264 g/mol. The van der Waals surface area contributed by atoms with Crippen molar-refractivity contribution in [3.05, 3.63) is 0 Å². The molecule has 0 saturated carbocycles. The monoisotopic (exact) mass is 264 g/mol. The second-order valence-electron chi connectivity index (χ2n) is 3.68. The predicted octanol–water partition coefficient (Wildman–Crippen LogP) is 2.89. The Morgan fingerprint density at radius 3 is 2.12 bits per heavy atom. The van der Waals surface area contributed by atoms with Gasteiger partial charge < -0.3 is 13.9 Å². The van der Waals surface area contributed by atoms with Crippen LogP contribution in [0.3, 0.4) is 0 Å². The first-order valence-electron chi connectivity index (χ1n) is 6.00. The van der Waals surface area contributed by atoms with Gasteiger partial charge in [0, 0.05) is 0 Å². The molecule has 0 heterocycles. The van der Waals surface area contributed by atoms with Crippen LogP contribution < -0.4 is 0 Å². The Bertz CT molecular complexity index is 139. The molecule has 0 aromatic carbocycles. The Kier molecular flexibility index (Phi) is 12.3. The van der Waals surface area contributed by atoms with Gasteiger partial charge in [-0.2, -0.15) is 12.6 Å². The van der Waals surface area contributed by atoms with Crippen molar-refractivity contribution >= 4 is 22.4 Å². The van der Waals surface area contributed by atoms with E-state index >= 15 is 0 Å². The van der Waals surface area contributed by atoms with E-state index in [1.165, 1.54) is 0 Å². The van der Waals surface area contributed by atoms with Gasteiger partial charge in [0.2, 0.25) is 9.76 Å². The van der Waals surface area contributed by atoms with E-state index in [-0.39, 0.29) is 0 Å². The summed E-state index contributed by atoms with van der Waals surface area (Å²) in [4.78, 5) is 0. The zero-order chi connectivity index (χ0) is 12.2. The van der Waals surface area contributed by atoms with Gasteiger partial charge >= 0.3 is 0 Å². The summed E-state index contributed by atoms with van der Waals surface area (Å²) >= 11 is 4.32. The van der Waals surface area contributed by atoms with E-state index in [1.807, 2.05) is 0 Å². The highest BCUT2D eigenvalue weighted by atomic mass is 32.1. The molecule has 0 aliphatic rings. The largest absolute Gasteiger partial charge is 0.372 e. The maximum atomic E-state index is 5.55. The molecule has 0 aliphatic carbocycles. The highest BCUT2D eigenvalue weighted by Crippen LogP contribution is 2.05. The van der Waals surface area contributed by atoms with Crippen molar-refractivity contribution in [1.82, 2.24) is 0 Å².